The number of nitrogens with zero attached hydrogens (tertiary/aromatic N) is 6. The maximum Gasteiger partial charge on any atom is 0.229 e. The quantitative estimate of drug-likeness (QED) is 0.782. The van der Waals surface area contributed by atoms with Crippen LogP contribution in [0.25, 0.3) is 11.0 Å². The molecule has 0 atom stereocenters. The lowest BCUT2D eigenvalue weighted by Gasteiger charge is -2.32. The Hall–Kier alpha value is -2.67. The van der Waals surface area contributed by atoms with Crippen LogP contribution in [0, 0.1) is 13.8 Å². The van der Waals surface area contributed by atoms with E-state index >= 15 is 0 Å². The third kappa shape index (κ3) is 3.10. The zero-order chi connectivity index (χ0) is 18.3. The Morgan fingerprint density at radius 2 is 1.73 bits per heavy atom. The zero-order valence-electron chi connectivity index (χ0n) is 15.8. The summed E-state index contributed by atoms with van der Waals surface area (Å²) in [7, 11) is 4.07. The molecule has 2 aromatic heterocycles. The highest BCUT2D eigenvalue weighted by Gasteiger charge is 2.20. The fraction of sp³-hybridized carbons (Fsp3) is 0.421. The van der Waals surface area contributed by atoms with Gasteiger partial charge in [0.05, 0.1) is 11.6 Å². The predicted molar refractivity (Wildman–Crippen MR) is 105 cm³/mol. The van der Waals surface area contributed by atoms with Crippen LogP contribution < -0.4 is 10.2 Å². The minimum Gasteiger partial charge on any atom is -0.339 e. The van der Waals surface area contributed by atoms with E-state index in [1.807, 2.05) is 17.9 Å². The number of fused-ring (bicyclic) bond motifs is 1. The molecule has 1 aromatic carbocycles. The van der Waals surface area contributed by atoms with Gasteiger partial charge >= 0.3 is 0 Å². The van der Waals surface area contributed by atoms with Crippen LogP contribution in [0.1, 0.15) is 11.1 Å². The van der Waals surface area contributed by atoms with Gasteiger partial charge in [-0.3, -0.25) is 4.68 Å². The fourth-order valence-electron chi connectivity index (χ4n) is 3.21. The summed E-state index contributed by atoms with van der Waals surface area (Å²) in [4.78, 5) is 14.2. The standard InChI is InChI=1S/C19H25N7/c1-13-5-6-15(11-14(13)2)21-17-16-12-20-25(4)18(16)23-19(22-17)26-9-7-24(3)8-10-26/h5-6,11-12H,7-10H2,1-4H3,(H,21,22,23). The Kier molecular flexibility index (Phi) is 4.24. The number of hydrogen-bond donors (Lipinski definition) is 1. The molecule has 3 heterocycles. The molecule has 26 heavy (non-hydrogen) atoms. The molecule has 1 saturated heterocycles. The predicted octanol–water partition coefficient (Wildman–Crippen LogP) is 2.48. The van der Waals surface area contributed by atoms with Gasteiger partial charge in [-0.05, 0) is 44.2 Å². The largest absolute Gasteiger partial charge is 0.339 e. The highest BCUT2D eigenvalue weighted by molar-refractivity contribution is 5.89. The van der Waals surface area contributed by atoms with Crippen molar-refractivity contribution in [3.8, 4) is 0 Å². The monoisotopic (exact) mass is 351 g/mol. The van der Waals surface area contributed by atoms with Gasteiger partial charge in [0.1, 0.15) is 5.82 Å². The molecule has 3 aromatic rings. The lowest BCUT2D eigenvalue weighted by atomic mass is 10.1. The molecule has 0 unspecified atom stereocenters. The first-order chi connectivity index (χ1) is 12.5. The van der Waals surface area contributed by atoms with E-state index in [0.29, 0.717) is 0 Å². The molecule has 0 radical (unpaired) electrons. The summed E-state index contributed by atoms with van der Waals surface area (Å²) >= 11 is 0. The number of nitrogens with one attached hydrogen (secondary N) is 1. The van der Waals surface area contributed by atoms with Crippen molar-refractivity contribution in [3.05, 3.63) is 35.5 Å². The van der Waals surface area contributed by atoms with Crippen LogP contribution in [-0.2, 0) is 7.05 Å². The van der Waals surface area contributed by atoms with E-state index in [1.165, 1.54) is 11.1 Å². The molecule has 7 heteroatoms. The Morgan fingerprint density at radius 3 is 2.46 bits per heavy atom. The summed E-state index contributed by atoms with van der Waals surface area (Å²) in [6.07, 6.45) is 1.83. The van der Waals surface area contributed by atoms with Gasteiger partial charge in [-0.15, -0.1) is 0 Å². The number of likely N-dealkylation sites (N-methyl/N-ethyl adjacent to an activating group) is 1. The van der Waals surface area contributed by atoms with Crippen molar-refractivity contribution >= 4 is 28.5 Å². The molecular weight excluding hydrogens is 326 g/mol. The topological polar surface area (TPSA) is 62.1 Å². The number of anilines is 3. The summed E-state index contributed by atoms with van der Waals surface area (Å²) in [6, 6.07) is 6.36. The minimum atomic E-state index is 0.764. The summed E-state index contributed by atoms with van der Waals surface area (Å²) in [5.41, 5.74) is 4.41. The molecule has 1 aliphatic rings. The molecule has 4 rings (SSSR count). The van der Waals surface area contributed by atoms with Gasteiger partial charge < -0.3 is 15.1 Å². The Morgan fingerprint density at radius 1 is 0.962 bits per heavy atom. The van der Waals surface area contributed by atoms with Crippen molar-refractivity contribution in [3.63, 3.8) is 0 Å². The molecule has 136 valence electrons. The first-order valence-corrected chi connectivity index (χ1v) is 8.99. The average molecular weight is 351 g/mol. The smallest absolute Gasteiger partial charge is 0.229 e. The maximum atomic E-state index is 4.84. The van der Waals surface area contributed by atoms with Gasteiger partial charge in [0, 0.05) is 38.9 Å². The molecule has 1 aliphatic heterocycles. The SMILES string of the molecule is Cc1ccc(Nc2nc(N3CCN(C)CC3)nc3c2cnn3C)cc1C. The van der Waals surface area contributed by atoms with E-state index in [-0.39, 0.29) is 0 Å². The van der Waals surface area contributed by atoms with Gasteiger partial charge in [0.2, 0.25) is 5.95 Å². The Labute approximate surface area is 153 Å². The van der Waals surface area contributed by atoms with Crippen LogP contribution in [0.3, 0.4) is 0 Å². The number of piperazine rings is 1. The Bertz CT molecular complexity index is 938. The zero-order valence-corrected chi connectivity index (χ0v) is 15.8. The first kappa shape index (κ1) is 16.8. The molecule has 0 bridgehead atoms. The van der Waals surface area contributed by atoms with Gasteiger partial charge in [-0.2, -0.15) is 15.1 Å². The van der Waals surface area contributed by atoms with E-state index in [4.69, 9.17) is 9.97 Å². The van der Waals surface area contributed by atoms with Gasteiger partial charge in [-0.1, -0.05) is 6.07 Å². The normalized spacial score (nSPS) is 15.6. The molecule has 1 N–H and O–H groups in total. The molecule has 7 nitrogen and oxygen atoms in total. The average Bonchev–Trinajstić information content (AvgIpc) is 3.00. The molecule has 0 aliphatic carbocycles. The van der Waals surface area contributed by atoms with E-state index in [2.05, 4.69) is 59.3 Å². The third-order valence-electron chi connectivity index (χ3n) is 5.14. The van der Waals surface area contributed by atoms with Crippen molar-refractivity contribution in [2.24, 2.45) is 7.05 Å². The van der Waals surface area contributed by atoms with Crippen molar-refractivity contribution in [1.82, 2.24) is 24.6 Å². The van der Waals surface area contributed by atoms with Crippen LogP contribution >= 0.6 is 0 Å². The second kappa shape index (κ2) is 6.57. The highest BCUT2D eigenvalue weighted by atomic mass is 15.4. The number of aromatic nitrogens is 4. The molecule has 0 saturated carbocycles. The summed E-state index contributed by atoms with van der Waals surface area (Å²) < 4.78 is 1.81. The van der Waals surface area contributed by atoms with Crippen LogP contribution in [-0.4, -0.2) is 57.9 Å². The number of hydrogen-bond acceptors (Lipinski definition) is 6. The van der Waals surface area contributed by atoms with Gasteiger partial charge in [0.25, 0.3) is 0 Å². The van der Waals surface area contributed by atoms with Crippen molar-refractivity contribution in [1.29, 1.82) is 0 Å². The van der Waals surface area contributed by atoms with E-state index in [1.54, 1.807) is 0 Å². The van der Waals surface area contributed by atoms with Crippen molar-refractivity contribution in [2.45, 2.75) is 13.8 Å². The van der Waals surface area contributed by atoms with Crippen molar-refractivity contribution < 1.29 is 0 Å². The highest BCUT2D eigenvalue weighted by Crippen LogP contribution is 2.27. The fourth-order valence-corrected chi connectivity index (χ4v) is 3.21. The second-order valence-corrected chi connectivity index (χ2v) is 7.09. The van der Waals surface area contributed by atoms with Crippen LogP contribution in [0.4, 0.5) is 17.5 Å². The van der Waals surface area contributed by atoms with Crippen LogP contribution in [0.2, 0.25) is 0 Å². The first-order valence-electron chi connectivity index (χ1n) is 8.99. The molecular formula is C19H25N7. The Balaban J connectivity index is 1.73. The number of aryl methyl sites for hydroxylation is 3. The van der Waals surface area contributed by atoms with Crippen LogP contribution in [0.15, 0.2) is 24.4 Å². The lowest BCUT2D eigenvalue weighted by molar-refractivity contribution is 0.311. The summed E-state index contributed by atoms with van der Waals surface area (Å²) in [5.74, 6) is 1.57. The van der Waals surface area contributed by atoms with Gasteiger partial charge in [-0.25, -0.2) is 0 Å². The van der Waals surface area contributed by atoms with Gasteiger partial charge in [0.15, 0.2) is 5.65 Å². The lowest BCUT2D eigenvalue weighted by Crippen LogP contribution is -2.45. The van der Waals surface area contributed by atoms with Crippen LogP contribution in [0.5, 0.6) is 0 Å². The molecule has 0 amide bonds. The molecule has 1 fully saturated rings. The van der Waals surface area contributed by atoms with Crippen molar-refractivity contribution in [2.75, 3.05) is 43.4 Å². The minimum absolute atomic E-state index is 0.764. The summed E-state index contributed by atoms with van der Waals surface area (Å²) in [6.45, 7) is 8.15. The van der Waals surface area contributed by atoms with E-state index in [9.17, 15) is 0 Å². The third-order valence-corrected chi connectivity index (χ3v) is 5.14. The van der Waals surface area contributed by atoms with E-state index in [0.717, 1.165) is 54.7 Å². The van der Waals surface area contributed by atoms with E-state index < -0.39 is 0 Å². The maximum absolute atomic E-state index is 4.84. The summed E-state index contributed by atoms with van der Waals surface area (Å²) in [5, 5.41) is 8.78. The second-order valence-electron chi connectivity index (χ2n) is 7.09. The number of benzene rings is 1. The number of rotatable bonds is 3. The molecule has 0 spiro atoms.